The van der Waals surface area contributed by atoms with Crippen LogP contribution in [-0.2, 0) is 34.4 Å². The van der Waals surface area contributed by atoms with Gasteiger partial charge in [0, 0.05) is 56.7 Å². The highest BCUT2D eigenvalue weighted by atomic mass is 19.3. The van der Waals surface area contributed by atoms with Gasteiger partial charge in [0.25, 0.3) is 24.2 Å². The number of carbonyl (C=O) groups is 3. The van der Waals surface area contributed by atoms with Crippen LogP contribution in [0.4, 0.5) is 45.5 Å². The van der Waals surface area contributed by atoms with Crippen molar-refractivity contribution in [1.82, 2.24) is 30.0 Å². The molecule has 4 N–H and O–H groups in total. The zero-order chi connectivity index (χ0) is 39.8. The Hall–Kier alpha value is -5.69. The highest BCUT2D eigenvalue weighted by Crippen LogP contribution is 2.52. The van der Waals surface area contributed by atoms with Crippen molar-refractivity contribution in [3.05, 3.63) is 93.8 Å². The van der Waals surface area contributed by atoms with Crippen LogP contribution in [0.2, 0.25) is 0 Å². The van der Waals surface area contributed by atoms with E-state index >= 15 is 8.78 Å². The summed E-state index contributed by atoms with van der Waals surface area (Å²) in [6.07, 6.45) is -4.79. The SMILES string of the molecule is NC(=O)c1cc(-c2cnc(NCCN3CCCC3=O)nc2C(Cc2cc(F)cc(F)c2)NC(=O)Cn2nc(C(F)F)c3c2C(F)(F)CCC3(F)F)ccc1F. The van der Waals surface area contributed by atoms with Crippen LogP contribution in [-0.4, -0.2) is 62.0 Å². The topological polar surface area (TPSA) is 148 Å². The van der Waals surface area contributed by atoms with Crippen LogP contribution in [0.5, 0.6) is 0 Å². The second-order valence-electron chi connectivity index (χ2n) is 13.0. The summed E-state index contributed by atoms with van der Waals surface area (Å²) in [5, 5.41) is 8.67. The number of alkyl halides is 6. The van der Waals surface area contributed by atoms with Crippen LogP contribution in [0.15, 0.2) is 42.6 Å². The molecule has 0 bridgehead atoms. The Morgan fingerprint density at radius 1 is 0.964 bits per heavy atom. The number of benzene rings is 2. The molecule has 0 radical (unpaired) electrons. The third kappa shape index (κ3) is 8.36. The standard InChI is InChI=1S/C35H31F9N8O3/c36-19-10-17(11-20(37)14-19)12-24(48-25(53)16-52-30-27(29(50-52)31(39)40)34(41,42)5-6-35(30,43)44)28-22(18-3-4-23(38)21(13-18)32(45)55)15-47-33(49-28)46-7-9-51-8-1-2-26(51)54/h3-4,10-11,13-15,24,31H,1-2,5-9,12,16H2,(H2,45,55)(H,48,53)(H,46,47,49). The number of likely N-dealkylation sites (tertiary alicyclic amines) is 1. The minimum Gasteiger partial charge on any atom is -0.366 e. The Bertz CT molecular complexity index is 2130. The van der Waals surface area contributed by atoms with E-state index < -0.39 is 102 Å². The predicted octanol–water partition coefficient (Wildman–Crippen LogP) is 5.91. The summed E-state index contributed by atoms with van der Waals surface area (Å²) < 4.78 is 131. The number of hydrogen-bond donors (Lipinski definition) is 3. The van der Waals surface area contributed by atoms with E-state index in [-0.39, 0.29) is 52.0 Å². The molecule has 6 rings (SSSR count). The molecule has 3 heterocycles. The molecule has 1 aliphatic heterocycles. The summed E-state index contributed by atoms with van der Waals surface area (Å²) in [4.78, 5) is 48.1. The first-order valence-electron chi connectivity index (χ1n) is 16.8. The Labute approximate surface area is 306 Å². The zero-order valence-corrected chi connectivity index (χ0v) is 28.5. The predicted molar refractivity (Wildman–Crippen MR) is 175 cm³/mol. The number of hydrogen-bond acceptors (Lipinski definition) is 7. The Morgan fingerprint density at radius 2 is 1.67 bits per heavy atom. The van der Waals surface area contributed by atoms with E-state index in [1.54, 1.807) is 4.90 Å². The third-order valence-corrected chi connectivity index (χ3v) is 9.17. The number of nitrogens with one attached hydrogen (secondary N) is 2. The number of nitrogens with two attached hydrogens (primary N) is 1. The van der Waals surface area contributed by atoms with Gasteiger partial charge in [0.15, 0.2) is 0 Å². The number of anilines is 1. The summed E-state index contributed by atoms with van der Waals surface area (Å²) in [5.74, 6) is -13.8. The molecule has 20 heteroatoms. The summed E-state index contributed by atoms with van der Waals surface area (Å²) in [6, 6.07) is 4.09. The van der Waals surface area contributed by atoms with Crippen molar-refractivity contribution in [1.29, 1.82) is 0 Å². The molecule has 3 amide bonds. The van der Waals surface area contributed by atoms with Crippen molar-refractivity contribution in [2.45, 2.75) is 63.0 Å². The molecule has 1 aliphatic carbocycles. The smallest absolute Gasteiger partial charge is 0.290 e. The average molecular weight is 783 g/mol. The first-order valence-corrected chi connectivity index (χ1v) is 16.8. The van der Waals surface area contributed by atoms with E-state index in [2.05, 4.69) is 25.7 Å². The molecule has 1 fully saturated rings. The monoisotopic (exact) mass is 782 g/mol. The Morgan fingerprint density at radius 3 is 2.33 bits per heavy atom. The van der Waals surface area contributed by atoms with Crippen molar-refractivity contribution in [2.75, 3.05) is 25.0 Å². The molecular weight excluding hydrogens is 751 g/mol. The van der Waals surface area contributed by atoms with Gasteiger partial charge in [-0.1, -0.05) is 6.07 Å². The fourth-order valence-electron chi connectivity index (χ4n) is 6.69. The molecule has 292 valence electrons. The molecule has 2 aliphatic rings. The second-order valence-corrected chi connectivity index (χ2v) is 13.0. The van der Waals surface area contributed by atoms with Gasteiger partial charge in [-0.2, -0.15) is 13.9 Å². The maximum atomic E-state index is 15.1. The van der Waals surface area contributed by atoms with Gasteiger partial charge >= 0.3 is 0 Å². The molecule has 11 nitrogen and oxygen atoms in total. The van der Waals surface area contributed by atoms with Gasteiger partial charge < -0.3 is 21.3 Å². The number of amides is 3. The maximum Gasteiger partial charge on any atom is 0.290 e. The number of nitrogens with zero attached hydrogens (tertiary/aromatic N) is 5. The van der Waals surface area contributed by atoms with E-state index in [1.807, 2.05) is 0 Å². The summed E-state index contributed by atoms with van der Waals surface area (Å²) in [6.45, 7) is -0.375. The van der Waals surface area contributed by atoms with Gasteiger partial charge in [0.05, 0.1) is 22.9 Å². The van der Waals surface area contributed by atoms with Crippen LogP contribution in [0.3, 0.4) is 0 Å². The maximum absolute atomic E-state index is 15.1. The van der Waals surface area contributed by atoms with Crippen molar-refractivity contribution in [3.8, 4) is 11.1 Å². The Balaban J connectivity index is 1.42. The molecule has 2 aromatic heterocycles. The lowest BCUT2D eigenvalue weighted by atomic mass is 9.89. The quantitative estimate of drug-likeness (QED) is 0.143. The number of fused-ring (bicyclic) bond motifs is 1. The third-order valence-electron chi connectivity index (χ3n) is 9.17. The van der Waals surface area contributed by atoms with Gasteiger partial charge in [-0.15, -0.1) is 0 Å². The van der Waals surface area contributed by atoms with E-state index in [0.717, 1.165) is 24.3 Å². The normalized spacial score (nSPS) is 16.6. The van der Waals surface area contributed by atoms with Crippen molar-refractivity contribution < 1.29 is 53.9 Å². The lowest BCUT2D eigenvalue weighted by molar-refractivity contribution is -0.127. The molecule has 1 unspecified atom stereocenters. The van der Waals surface area contributed by atoms with Crippen molar-refractivity contribution >= 4 is 23.7 Å². The number of aromatic nitrogens is 4. The van der Waals surface area contributed by atoms with Crippen LogP contribution >= 0.6 is 0 Å². The van der Waals surface area contributed by atoms with Gasteiger partial charge in [-0.3, -0.25) is 19.1 Å². The largest absolute Gasteiger partial charge is 0.366 e. The van der Waals surface area contributed by atoms with E-state index in [0.29, 0.717) is 25.5 Å². The van der Waals surface area contributed by atoms with E-state index in [4.69, 9.17) is 5.73 Å². The molecule has 1 atom stereocenters. The molecule has 0 saturated carbocycles. The van der Waals surface area contributed by atoms with Crippen LogP contribution < -0.4 is 16.4 Å². The minimum atomic E-state index is -4.11. The fraction of sp³-hybridized carbons (Fsp3) is 0.371. The lowest BCUT2D eigenvalue weighted by Crippen LogP contribution is -2.37. The first-order chi connectivity index (χ1) is 25.9. The summed E-state index contributed by atoms with van der Waals surface area (Å²) in [5.41, 5.74) is -0.222. The molecule has 2 aromatic carbocycles. The van der Waals surface area contributed by atoms with Crippen molar-refractivity contribution in [3.63, 3.8) is 0 Å². The molecule has 1 saturated heterocycles. The summed E-state index contributed by atoms with van der Waals surface area (Å²) in [7, 11) is 0. The van der Waals surface area contributed by atoms with Gasteiger partial charge in [-0.25, -0.2) is 40.7 Å². The number of primary amides is 1. The molecule has 0 spiro atoms. The molecule has 55 heavy (non-hydrogen) atoms. The number of rotatable bonds is 13. The van der Waals surface area contributed by atoms with Crippen molar-refractivity contribution in [2.24, 2.45) is 5.73 Å². The van der Waals surface area contributed by atoms with Gasteiger partial charge in [0.1, 0.15) is 35.4 Å². The fourth-order valence-corrected chi connectivity index (χ4v) is 6.69. The zero-order valence-electron chi connectivity index (χ0n) is 28.5. The highest BCUT2D eigenvalue weighted by molar-refractivity contribution is 5.94. The lowest BCUT2D eigenvalue weighted by Gasteiger charge is -2.29. The highest BCUT2D eigenvalue weighted by Gasteiger charge is 2.55. The summed E-state index contributed by atoms with van der Waals surface area (Å²) >= 11 is 0. The van der Waals surface area contributed by atoms with Gasteiger partial charge in [0.2, 0.25) is 17.8 Å². The van der Waals surface area contributed by atoms with E-state index in [9.17, 15) is 45.1 Å². The Kier molecular flexibility index (Phi) is 10.8. The van der Waals surface area contributed by atoms with E-state index in [1.165, 1.54) is 12.3 Å². The number of halogens is 9. The molecular formula is C35H31F9N8O3. The second kappa shape index (κ2) is 15.2. The van der Waals surface area contributed by atoms with Crippen LogP contribution in [0.25, 0.3) is 11.1 Å². The minimum absolute atomic E-state index is 0.00702. The average Bonchev–Trinajstić information content (AvgIpc) is 3.71. The van der Waals surface area contributed by atoms with Crippen LogP contribution in [0, 0.1) is 17.5 Å². The first kappa shape index (κ1) is 39.0. The van der Waals surface area contributed by atoms with Gasteiger partial charge in [-0.05, 0) is 48.2 Å². The number of carbonyl (C=O) groups excluding carboxylic acids is 3. The van der Waals surface area contributed by atoms with Crippen LogP contribution in [0.1, 0.15) is 76.7 Å². The molecule has 4 aromatic rings.